The third kappa shape index (κ3) is 3.02. The third-order valence-corrected chi connectivity index (χ3v) is 3.25. The largest absolute Gasteiger partial charge is 0.334 e. The van der Waals surface area contributed by atoms with Crippen molar-refractivity contribution < 1.29 is 4.79 Å². The Hall–Kier alpha value is -2.82. The van der Waals surface area contributed by atoms with E-state index in [4.69, 9.17) is 0 Å². The Kier molecular flexibility index (Phi) is 3.55. The normalized spacial score (nSPS) is 10.5. The molecule has 3 rings (SSSR count). The molecular weight excluding hydrogens is 264 g/mol. The van der Waals surface area contributed by atoms with Crippen LogP contribution in [0.2, 0.25) is 0 Å². The summed E-state index contributed by atoms with van der Waals surface area (Å²) in [5.41, 5.74) is 1.77. The van der Waals surface area contributed by atoms with Crippen LogP contribution >= 0.6 is 0 Å². The van der Waals surface area contributed by atoms with Crippen LogP contribution in [0.15, 0.2) is 54.9 Å². The summed E-state index contributed by atoms with van der Waals surface area (Å²) in [6, 6.07) is 13.6. The van der Waals surface area contributed by atoms with Crippen molar-refractivity contribution in [2.45, 2.75) is 6.54 Å². The number of rotatable bonds is 3. The van der Waals surface area contributed by atoms with E-state index < -0.39 is 0 Å². The molecule has 0 saturated carbocycles. The first kappa shape index (κ1) is 13.2. The molecule has 0 fully saturated rings. The minimum Gasteiger partial charge on any atom is -0.334 e. The van der Waals surface area contributed by atoms with Gasteiger partial charge in [0.15, 0.2) is 0 Å². The average molecular weight is 280 g/mol. The molecule has 0 radical (unpaired) electrons. The molecule has 0 spiro atoms. The molecule has 0 aliphatic rings. The topological polar surface area (TPSA) is 59.0 Å². The van der Waals surface area contributed by atoms with Crippen molar-refractivity contribution in [2.24, 2.45) is 7.05 Å². The number of carbonyl (C=O) groups is 1. The van der Waals surface area contributed by atoms with E-state index in [0.717, 1.165) is 22.0 Å². The molecule has 1 aromatic heterocycles. The van der Waals surface area contributed by atoms with Gasteiger partial charge in [-0.25, -0.2) is 4.79 Å². The van der Waals surface area contributed by atoms with E-state index in [2.05, 4.69) is 15.7 Å². The van der Waals surface area contributed by atoms with Crippen LogP contribution in [0.3, 0.4) is 0 Å². The van der Waals surface area contributed by atoms with Crippen molar-refractivity contribution in [3.05, 3.63) is 60.4 Å². The number of urea groups is 1. The maximum Gasteiger partial charge on any atom is 0.319 e. The van der Waals surface area contributed by atoms with Gasteiger partial charge in [0.2, 0.25) is 0 Å². The first-order valence-electron chi connectivity index (χ1n) is 6.72. The summed E-state index contributed by atoms with van der Waals surface area (Å²) in [5.74, 6) is 0. The highest BCUT2D eigenvalue weighted by Crippen LogP contribution is 2.22. The van der Waals surface area contributed by atoms with Crippen LogP contribution in [-0.4, -0.2) is 15.8 Å². The van der Waals surface area contributed by atoms with Gasteiger partial charge in [-0.05, 0) is 11.5 Å². The highest BCUT2D eigenvalue weighted by Gasteiger charge is 2.05. The highest BCUT2D eigenvalue weighted by molar-refractivity contribution is 6.01. The molecule has 21 heavy (non-hydrogen) atoms. The van der Waals surface area contributed by atoms with Crippen LogP contribution in [0, 0.1) is 0 Å². The van der Waals surface area contributed by atoms with Crippen LogP contribution in [0.4, 0.5) is 10.5 Å². The summed E-state index contributed by atoms with van der Waals surface area (Å²) in [7, 11) is 1.85. The zero-order chi connectivity index (χ0) is 14.7. The number of fused-ring (bicyclic) bond motifs is 1. The minimum absolute atomic E-state index is 0.227. The number of anilines is 1. The van der Waals surface area contributed by atoms with Gasteiger partial charge in [-0.2, -0.15) is 5.10 Å². The molecule has 106 valence electrons. The van der Waals surface area contributed by atoms with Crippen molar-refractivity contribution in [3.8, 4) is 0 Å². The van der Waals surface area contributed by atoms with Gasteiger partial charge < -0.3 is 10.6 Å². The smallest absolute Gasteiger partial charge is 0.319 e. The van der Waals surface area contributed by atoms with E-state index in [1.165, 1.54) is 0 Å². The lowest BCUT2D eigenvalue weighted by atomic mass is 10.1. The first-order valence-corrected chi connectivity index (χ1v) is 6.72. The number of amides is 2. The Labute approximate surface area is 122 Å². The lowest BCUT2D eigenvalue weighted by Gasteiger charge is -2.09. The van der Waals surface area contributed by atoms with Crippen molar-refractivity contribution in [1.82, 2.24) is 15.1 Å². The summed E-state index contributed by atoms with van der Waals surface area (Å²) in [5, 5.41) is 11.9. The lowest BCUT2D eigenvalue weighted by molar-refractivity contribution is 0.252. The number of benzene rings is 2. The summed E-state index contributed by atoms with van der Waals surface area (Å²) in [6.07, 6.45) is 3.61. The average Bonchev–Trinajstić information content (AvgIpc) is 2.91. The molecule has 1 heterocycles. The predicted octanol–water partition coefficient (Wildman–Crippen LogP) is 2.90. The molecule has 2 amide bonds. The van der Waals surface area contributed by atoms with E-state index in [-0.39, 0.29) is 6.03 Å². The number of carbonyl (C=O) groups excluding carboxylic acids is 1. The zero-order valence-corrected chi connectivity index (χ0v) is 11.7. The summed E-state index contributed by atoms with van der Waals surface area (Å²) in [4.78, 5) is 12.0. The number of aryl methyl sites for hydroxylation is 1. The van der Waals surface area contributed by atoms with E-state index in [1.807, 2.05) is 55.7 Å². The van der Waals surface area contributed by atoms with E-state index >= 15 is 0 Å². The van der Waals surface area contributed by atoms with Crippen molar-refractivity contribution >= 4 is 22.5 Å². The SMILES string of the molecule is Cn1cc(CNC(=O)Nc2cccc3ccccc23)cn1. The van der Waals surface area contributed by atoms with Crippen LogP contribution in [0.25, 0.3) is 10.8 Å². The predicted molar refractivity (Wildman–Crippen MR) is 83.0 cm³/mol. The molecule has 0 aliphatic carbocycles. The number of nitrogens with one attached hydrogen (secondary N) is 2. The molecular formula is C16H16N4O. The van der Waals surface area contributed by atoms with Gasteiger partial charge in [0, 0.05) is 30.7 Å². The van der Waals surface area contributed by atoms with Crippen LogP contribution in [-0.2, 0) is 13.6 Å². The second-order valence-electron chi connectivity index (χ2n) is 4.86. The molecule has 5 nitrogen and oxygen atoms in total. The quantitative estimate of drug-likeness (QED) is 0.775. The fourth-order valence-electron chi connectivity index (χ4n) is 2.25. The molecule has 0 bridgehead atoms. The van der Waals surface area contributed by atoms with Gasteiger partial charge in [0.1, 0.15) is 0 Å². The number of nitrogens with zero attached hydrogens (tertiary/aromatic N) is 2. The fourth-order valence-corrected chi connectivity index (χ4v) is 2.25. The first-order chi connectivity index (χ1) is 10.2. The molecule has 0 saturated heterocycles. The van der Waals surface area contributed by atoms with Crippen LogP contribution in [0.1, 0.15) is 5.56 Å². The van der Waals surface area contributed by atoms with Crippen LogP contribution < -0.4 is 10.6 Å². The molecule has 0 aliphatic heterocycles. The zero-order valence-electron chi connectivity index (χ0n) is 11.7. The highest BCUT2D eigenvalue weighted by atomic mass is 16.2. The molecule has 5 heteroatoms. The molecule has 2 aromatic carbocycles. The van der Waals surface area contributed by atoms with Crippen molar-refractivity contribution in [2.75, 3.05) is 5.32 Å². The fraction of sp³-hybridized carbons (Fsp3) is 0.125. The van der Waals surface area contributed by atoms with E-state index in [1.54, 1.807) is 10.9 Å². The second kappa shape index (κ2) is 5.66. The Morgan fingerprint density at radius 1 is 1.19 bits per heavy atom. The number of hydrogen-bond acceptors (Lipinski definition) is 2. The number of aromatic nitrogens is 2. The van der Waals surface area contributed by atoms with E-state index in [0.29, 0.717) is 6.54 Å². The van der Waals surface area contributed by atoms with Crippen molar-refractivity contribution in [1.29, 1.82) is 0 Å². The maximum absolute atomic E-state index is 12.0. The Morgan fingerprint density at radius 3 is 2.81 bits per heavy atom. The standard InChI is InChI=1S/C16H16N4O/c1-20-11-12(10-18-20)9-17-16(21)19-15-8-4-6-13-5-2-3-7-14(13)15/h2-8,10-11H,9H2,1H3,(H2,17,19,21). The Bertz CT molecular complexity index is 773. The van der Waals surface area contributed by atoms with Crippen molar-refractivity contribution in [3.63, 3.8) is 0 Å². The Balaban J connectivity index is 1.69. The molecule has 3 aromatic rings. The third-order valence-electron chi connectivity index (χ3n) is 3.25. The minimum atomic E-state index is -0.227. The second-order valence-corrected chi connectivity index (χ2v) is 4.86. The van der Waals surface area contributed by atoms with Gasteiger partial charge in [-0.3, -0.25) is 4.68 Å². The summed E-state index contributed by atoms with van der Waals surface area (Å²) >= 11 is 0. The monoisotopic (exact) mass is 280 g/mol. The maximum atomic E-state index is 12.0. The molecule has 0 unspecified atom stereocenters. The molecule has 0 atom stereocenters. The van der Waals surface area contributed by atoms with Gasteiger partial charge >= 0.3 is 6.03 Å². The van der Waals surface area contributed by atoms with Crippen LogP contribution in [0.5, 0.6) is 0 Å². The van der Waals surface area contributed by atoms with Gasteiger partial charge in [-0.1, -0.05) is 36.4 Å². The lowest BCUT2D eigenvalue weighted by Crippen LogP contribution is -2.28. The van der Waals surface area contributed by atoms with Gasteiger partial charge in [0.25, 0.3) is 0 Å². The summed E-state index contributed by atoms with van der Waals surface area (Å²) < 4.78 is 1.71. The van der Waals surface area contributed by atoms with Gasteiger partial charge in [-0.15, -0.1) is 0 Å². The van der Waals surface area contributed by atoms with E-state index in [9.17, 15) is 4.79 Å². The van der Waals surface area contributed by atoms with Gasteiger partial charge in [0.05, 0.1) is 11.9 Å². The number of hydrogen-bond donors (Lipinski definition) is 2. The molecule has 2 N–H and O–H groups in total. The Morgan fingerprint density at radius 2 is 2.00 bits per heavy atom. The summed E-state index contributed by atoms with van der Waals surface area (Å²) in [6.45, 7) is 0.449.